The van der Waals surface area contributed by atoms with Gasteiger partial charge in [-0.25, -0.2) is 0 Å². The second kappa shape index (κ2) is 10.6. The zero-order valence-electron chi connectivity index (χ0n) is 15.4. The van der Waals surface area contributed by atoms with Crippen molar-refractivity contribution >= 4 is 14.7 Å². The molecule has 0 unspecified atom stereocenters. The molecule has 1 aromatic rings. The average molecular weight is 394 g/mol. The van der Waals surface area contributed by atoms with Crippen molar-refractivity contribution in [1.82, 2.24) is 0 Å². The van der Waals surface area contributed by atoms with E-state index in [-0.39, 0.29) is 24.6 Å². The molecule has 0 amide bonds. The van der Waals surface area contributed by atoms with Crippen molar-refractivity contribution in [2.24, 2.45) is 0 Å². The quantitative estimate of drug-likeness (QED) is 0.223. The van der Waals surface area contributed by atoms with E-state index in [1.807, 2.05) is 31.2 Å². The Morgan fingerprint density at radius 2 is 1.15 bits per heavy atom. The minimum Gasteiger partial charge on any atom is -0.293 e. The molecule has 0 N–H and O–H groups in total. The largest absolute Gasteiger partial charge is 0.293 e. The molecular formula is C20H28O4P2. The highest BCUT2D eigenvalue weighted by atomic mass is 31.2. The van der Waals surface area contributed by atoms with Crippen LogP contribution in [0, 0.1) is 6.92 Å². The van der Waals surface area contributed by atoms with Gasteiger partial charge < -0.3 is 0 Å². The van der Waals surface area contributed by atoms with Gasteiger partial charge in [0, 0.05) is 30.2 Å². The first-order chi connectivity index (χ1) is 12.3. The second-order valence-electron chi connectivity index (χ2n) is 5.97. The summed E-state index contributed by atoms with van der Waals surface area (Å²) in [4.78, 5) is 0. The summed E-state index contributed by atoms with van der Waals surface area (Å²) in [5.41, 5.74) is 1.71. The van der Waals surface area contributed by atoms with Crippen LogP contribution in [0.2, 0.25) is 0 Å². The molecular weight excluding hydrogens is 366 g/mol. The molecule has 1 aromatic carbocycles. The maximum atomic E-state index is 13.1. The maximum Gasteiger partial charge on any atom is 0.213 e. The summed E-state index contributed by atoms with van der Waals surface area (Å²) < 4.78 is 37.9. The van der Waals surface area contributed by atoms with Crippen molar-refractivity contribution in [2.45, 2.75) is 13.2 Å². The fourth-order valence-corrected chi connectivity index (χ4v) is 5.63. The van der Waals surface area contributed by atoms with Gasteiger partial charge in [0.25, 0.3) is 0 Å². The monoisotopic (exact) mass is 394 g/mol. The number of aryl methyl sites for hydroxylation is 1. The van der Waals surface area contributed by atoms with E-state index in [0.29, 0.717) is 5.56 Å². The summed E-state index contributed by atoms with van der Waals surface area (Å²) >= 11 is 0. The van der Waals surface area contributed by atoms with Crippen molar-refractivity contribution in [3.63, 3.8) is 0 Å². The van der Waals surface area contributed by atoms with Crippen LogP contribution < -0.4 is 0 Å². The lowest BCUT2D eigenvalue weighted by atomic mass is 10.1. The van der Waals surface area contributed by atoms with Gasteiger partial charge in [0.05, 0.1) is 0 Å². The molecule has 0 aliphatic heterocycles. The molecule has 0 spiro atoms. The normalized spacial score (nSPS) is 11.9. The third kappa shape index (κ3) is 7.05. The molecule has 26 heavy (non-hydrogen) atoms. The third-order valence-corrected chi connectivity index (χ3v) is 7.96. The molecule has 0 radical (unpaired) electrons. The summed E-state index contributed by atoms with van der Waals surface area (Å²) in [5.74, 6) is 0. The predicted octanol–water partition coefficient (Wildman–Crippen LogP) is 6.33. The van der Waals surface area contributed by atoms with E-state index in [4.69, 9.17) is 9.05 Å². The summed E-state index contributed by atoms with van der Waals surface area (Å²) in [6, 6.07) is 7.43. The summed E-state index contributed by atoms with van der Waals surface area (Å²) in [5, 5.41) is 0. The number of benzene rings is 1. The summed E-state index contributed by atoms with van der Waals surface area (Å²) in [7, 11) is -6.22. The Labute approximate surface area is 157 Å². The first-order valence-corrected chi connectivity index (χ1v) is 12.3. The van der Waals surface area contributed by atoms with Crippen molar-refractivity contribution < 1.29 is 18.2 Å². The van der Waals surface area contributed by atoms with E-state index in [2.05, 4.69) is 26.3 Å². The fourth-order valence-electron chi connectivity index (χ4n) is 2.32. The molecule has 0 atom stereocenters. The van der Waals surface area contributed by atoms with E-state index in [9.17, 15) is 9.13 Å². The van der Waals surface area contributed by atoms with Crippen LogP contribution in [0.15, 0.2) is 74.9 Å². The van der Waals surface area contributed by atoms with Crippen molar-refractivity contribution in [3.05, 3.63) is 86.0 Å². The summed E-state index contributed by atoms with van der Waals surface area (Å²) in [6.07, 6.45) is 5.87. The summed E-state index contributed by atoms with van der Waals surface area (Å²) in [6.45, 7) is 16.5. The molecule has 0 aromatic heterocycles. The molecule has 0 bridgehead atoms. The van der Waals surface area contributed by atoms with E-state index >= 15 is 0 Å². The minimum absolute atomic E-state index is 0.179. The number of allylic oxidation sites excluding steroid dienone is 4. The standard InChI is InChI=1S/C20H28O4P2/c1-6-14-25(21,15-7-2)23-20(19-12-10-18(5)11-13-19)24-26(22,16-8-3)17-9-4/h6-13,20H,1-4,14-17H2,5H3. The van der Waals surface area contributed by atoms with Crippen LogP contribution in [-0.4, -0.2) is 24.6 Å². The molecule has 0 saturated heterocycles. The van der Waals surface area contributed by atoms with E-state index in [1.165, 1.54) is 0 Å². The lowest BCUT2D eigenvalue weighted by Crippen LogP contribution is -2.11. The molecule has 142 valence electrons. The first kappa shape index (κ1) is 22.6. The Bertz CT molecular complexity index is 654. The highest BCUT2D eigenvalue weighted by molar-refractivity contribution is 7.60. The Morgan fingerprint density at radius 3 is 1.46 bits per heavy atom. The first-order valence-electron chi connectivity index (χ1n) is 8.34. The zero-order chi connectivity index (χ0) is 19.6. The Morgan fingerprint density at radius 1 is 0.808 bits per heavy atom. The van der Waals surface area contributed by atoms with Gasteiger partial charge in [0.2, 0.25) is 14.7 Å². The van der Waals surface area contributed by atoms with Crippen molar-refractivity contribution in [1.29, 1.82) is 0 Å². The van der Waals surface area contributed by atoms with E-state index in [0.717, 1.165) is 5.56 Å². The van der Waals surface area contributed by atoms with Crippen LogP contribution in [0.4, 0.5) is 0 Å². The molecule has 0 saturated carbocycles. The van der Waals surface area contributed by atoms with Crippen LogP contribution in [0.5, 0.6) is 0 Å². The molecule has 0 aliphatic carbocycles. The molecule has 0 aliphatic rings. The zero-order valence-corrected chi connectivity index (χ0v) is 17.2. The Kier molecular flexibility index (Phi) is 9.25. The topological polar surface area (TPSA) is 52.6 Å². The second-order valence-corrected chi connectivity index (χ2v) is 11.1. The molecule has 4 nitrogen and oxygen atoms in total. The number of hydrogen-bond donors (Lipinski definition) is 0. The number of rotatable bonds is 13. The molecule has 0 fully saturated rings. The Balaban J connectivity index is 3.26. The van der Waals surface area contributed by atoms with Crippen LogP contribution in [0.1, 0.15) is 17.4 Å². The van der Waals surface area contributed by atoms with Crippen molar-refractivity contribution in [3.8, 4) is 0 Å². The van der Waals surface area contributed by atoms with Crippen LogP contribution >= 0.6 is 14.7 Å². The Hall–Kier alpha value is -1.44. The van der Waals surface area contributed by atoms with E-state index in [1.54, 1.807) is 24.3 Å². The van der Waals surface area contributed by atoms with Gasteiger partial charge in [-0.1, -0.05) is 54.1 Å². The fraction of sp³-hybridized carbons (Fsp3) is 0.300. The van der Waals surface area contributed by atoms with Gasteiger partial charge in [-0.3, -0.25) is 18.2 Å². The van der Waals surface area contributed by atoms with Gasteiger partial charge in [0.15, 0.2) is 6.29 Å². The average Bonchev–Trinajstić information content (AvgIpc) is 2.55. The molecule has 1 rings (SSSR count). The third-order valence-electron chi connectivity index (χ3n) is 3.55. The lowest BCUT2D eigenvalue weighted by molar-refractivity contribution is 0.0100. The van der Waals surface area contributed by atoms with E-state index < -0.39 is 21.0 Å². The smallest absolute Gasteiger partial charge is 0.213 e. The molecule has 6 heteroatoms. The van der Waals surface area contributed by atoms with Gasteiger partial charge in [-0.15, -0.1) is 26.3 Å². The van der Waals surface area contributed by atoms with Gasteiger partial charge in [-0.2, -0.15) is 0 Å². The van der Waals surface area contributed by atoms with Crippen LogP contribution in [0.25, 0.3) is 0 Å². The lowest BCUT2D eigenvalue weighted by Gasteiger charge is -2.27. The highest BCUT2D eigenvalue weighted by Gasteiger charge is 2.32. The SMILES string of the molecule is C=CCP(=O)(CC=C)OC(OP(=O)(CC=C)CC=C)c1ccc(C)cc1. The predicted molar refractivity (Wildman–Crippen MR) is 112 cm³/mol. The van der Waals surface area contributed by atoms with Crippen LogP contribution in [0.3, 0.4) is 0 Å². The van der Waals surface area contributed by atoms with Crippen molar-refractivity contribution in [2.75, 3.05) is 24.6 Å². The van der Waals surface area contributed by atoms with Gasteiger partial charge in [0.1, 0.15) is 0 Å². The molecule has 0 heterocycles. The number of hydrogen-bond acceptors (Lipinski definition) is 4. The van der Waals surface area contributed by atoms with Gasteiger partial charge in [-0.05, 0) is 6.92 Å². The maximum absolute atomic E-state index is 13.1. The highest BCUT2D eigenvalue weighted by Crippen LogP contribution is 2.57. The minimum atomic E-state index is -3.11. The van der Waals surface area contributed by atoms with Crippen LogP contribution in [-0.2, 0) is 18.2 Å². The van der Waals surface area contributed by atoms with Gasteiger partial charge >= 0.3 is 0 Å².